The molecule has 7 heteroatoms. The van der Waals surface area contributed by atoms with Crippen molar-refractivity contribution in [3.8, 4) is 10.6 Å². The van der Waals surface area contributed by atoms with Crippen LogP contribution in [-0.4, -0.2) is 33.6 Å². The Hall–Kier alpha value is -2.02. The van der Waals surface area contributed by atoms with Crippen molar-refractivity contribution in [2.24, 2.45) is 0 Å². The van der Waals surface area contributed by atoms with Gasteiger partial charge in [-0.1, -0.05) is 6.92 Å². The van der Waals surface area contributed by atoms with E-state index in [1.165, 1.54) is 25.4 Å². The molecule has 0 aliphatic heterocycles. The first-order valence-corrected chi connectivity index (χ1v) is 7.01. The van der Waals surface area contributed by atoms with Crippen LogP contribution in [0.3, 0.4) is 0 Å². The normalized spacial score (nSPS) is 10.6. The van der Waals surface area contributed by atoms with Crippen LogP contribution in [0.25, 0.3) is 10.6 Å². The highest BCUT2D eigenvalue weighted by atomic mass is 32.1. The number of carbonyl (C=O) groups is 2. The molecule has 0 radical (unpaired) electrons. The first kappa shape index (κ1) is 14.4. The van der Waals surface area contributed by atoms with E-state index in [0.29, 0.717) is 9.88 Å². The third-order valence-corrected chi connectivity index (χ3v) is 3.86. The van der Waals surface area contributed by atoms with Crippen LogP contribution in [0.2, 0.25) is 0 Å². The molecule has 2 rings (SSSR count). The third kappa shape index (κ3) is 2.77. The first-order valence-electron chi connectivity index (χ1n) is 6.19. The van der Waals surface area contributed by atoms with E-state index in [1.807, 2.05) is 10.9 Å². The van der Waals surface area contributed by atoms with Crippen LogP contribution in [0, 0.1) is 0 Å². The van der Waals surface area contributed by atoms with E-state index in [9.17, 15) is 9.59 Å². The van der Waals surface area contributed by atoms with Crippen LogP contribution < -0.4 is 0 Å². The SMILES string of the molecule is CCCn1cc(-c2nc(C(=O)OC)c(C(C)=O)s2)cn1. The van der Waals surface area contributed by atoms with E-state index in [4.69, 9.17) is 0 Å². The van der Waals surface area contributed by atoms with E-state index in [0.717, 1.165) is 18.5 Å². The van der Waals surface area contributed by atoms with Gasteiger partial charge in [0.25, 0.3) is 0 Å². The maximum atomic E-state index is 11.6. The lowest BCUT2D eigenvalue weighted by Gasteiger charge is -1.95. The number of esters is 1. The van der Waals surface area contributed by atoms with Crippen molar-refractivity contribution in [3.05, 3.63) is 23.0 Å². The minimum absolute atomic E-state index is 0.0724. The molecule has 0 aromatic carbocycles. The van der Waals surface area contributed by atoms with Crippen LogP contribution in [0.1, 0.15) is 40.4 Å². The Kier molecular flexibility index (Phi) is 4.29. The van der Waals surface area contributed by atoms with E-state index >= 15 is 0 Å². The zero-order valence-corrected chi connectivity index (χ0v) is 12.4. The standard InChI is InChI=1S/C13H15N3O3S/c1-4-5-16-7-9(6-14-16)12-15-10(13(18)19-3)11(20-12)8(2)17/h6-7H,4-5H2,1-3H3. The highest BCUT2D eigenvalue weighted by Gasteiger charge is 2.22. The summed E-state index contributed by atoms with van der Waals surface area (Å²) in [6.07, 6.45) is 4.51. The minimum atomic E-state index is -0.598. The molecule has 2 heterocycles. The number of carbonyl (C=O) groups excluding carboxylic acids is 2. The van der Waals surface area contributed by atoms with E-state index in [2.05, 4.69) is 21.7 Å². The molecule has 0 spiro atoms. The van der Waals surface area contributed by atoms with Gasteiger partial charge in [0, 0.05) is 25.2 Å². The Balaban J connectivity index is 2.41. The number of thiazole rings is 1. The van der Waals surface area contributed by atoms with E-state index in [-0.39, 0.29) is 11.5 Å². The molecule has 0 saturated carbocycles. The van der Waals surface area contributed by atoms with Gasteiger partial charge >= 0.3 is 5.97 Å². The minimum Gasteiger partial charge on any atom is -0.464 e. The van der Waals surface area contributed by atoms with Gasteiger partial charge in [0.15, 0.2) is 11.5 Å². The zero-order chi connectivity index (χ0) is 14.7. The Morgan fingerprint density at radius 2 is 2.20 bits per heavy atom. The maximum Gasteiger partial charge on any atom is 0.358 e. The lowest BCUT2D eigenvalue weighted by molar-refractivity contribution is 0.0591. The molecule has 2 aromatic heterocycles. The summed E-state index contributed by atoms with van der Waals surface area (Å²) in [6.45, 7) is 4.28. The molecule has 0 aliphatic carbocycles. The van der Waals surface area contributed by atoms with Crippen molar-refractivity contribution < 1.29 is 14.3 Å². The molecule has 6 nitrogen and oxygen atoms in total. The van der Waals surface area contributed by atoms with Crippen molar-refractivity contribution in [2.75, 3.05) is 7.11 Å². The molecule has 20 heavy (non-hydrogen) atoms. The Morgan fingerprint density at radius 3 is 2.80 bits per heavy atom. The quantitative estimate of drug-likeness (QED) is 0.625. The molecule has 2 aromatic rings. The van der Waals surface area contributed by atoms with Gasteiger partial charge in [-0.3, -0.25) is 9.48 Å². The summed E-state index contributed by atoms with van der Waals surface area (Å²) < 4.78 is 6.46. The number of aromatic nitrogens is 3. The van der Waals surface area contributed by atoms with Crippen molar-refractivity contribution in [1.82, 2.24) is 14.8 Å². The van der Waals surface area contributed by atoms with Gasteiger partial charge in [-0.2, -0.15) is 5.10 Å². The van der Waals surface area contributed by atoms with Gasteiger partial charge < -0.3 is 4.74 Å². The smallest absolute Gasteiger partial charge is 0.358 e. The number of hydrogen-bond donors (Lipinski definition) is 0. The van der Waals surface area contributed by atoms with Gasteiger partial charge in [-0.25, -0.2) is 9.78 Å². The maximum absolute atomic E-state index is 11.6. The summed E-state index contributed by atoms with van der Waals surface area (Å²) in [5.41, 5.74) is 0.865. The predicted octanol–water partition coefficient (Wildman–Crippen LogP) is 2.41. The highest BCUT2D eigenvalue weighted by Crippen LogP contribution is 2.28. The molecule has 0 atom stereocenters. The molecule has 0 unspecified atom stereocenters. The number of ether oxygens (including phenoxy) is 1. The summed E-state index contributed by atoms with van der Waals surface area (Å²) in [5.74, 6) is -0.797. The van der Waals surface area contributed by atoms with Gasteiger partial charge in [0.2, 0.25) is 0 Å². The van der Waals surface area contributed by atoms with Crippen molar-refractivity contribution in [1.29, 1.82) is 0 Å². The molecule has 106 valence electrons. The van der Waals surface area contributed by atoms with Crippen molar-refractivity contribution >= 4 is 23.1 Å². The summed E-state index contributed by atoms with van der Waals surface area (Å²) in [7, 11) is 1.27. The van der Waals surface area contributed by atoms with Crippen molar-refractivity contribution in [3.63, 3.8) is 0 Å². The largest absolute Gasteiger partial charge is 0.464 e. The Bertz CT molecular complexity index is 645. The molecule has 0 bridgehead atoms. The number of Topliss-reactive ketones (excluding diaryl/α,β-unsaturated/α-hetero) is 1. The summed E-state index contributed by atoms with van der Waals surface area (Å²) in [6, 6.07) is 0. The number of hydrogen-bond acceptors (Lipinski definition) is 6. The van der Waals surface area contributed by atoms with Crippen LogP contribution in [0.5, 0.6) is 0 Å². The third-order valence-electron chi connectivity index (χ3n) is 2.66. The van der Waals surface area contributed by atoms with E-state index < -0.39 is 5.97 Å². The predicted molar refractivity (Wildman–Crippen MR) is 75.0 cm³/mol. The van der Waals surface area contributed by atoms with Crippen LogP contribution in [-0.2, 0) is 11.3 Å². The Morgan fingerprint density at radius 1 is 1.45 bits per heavy atom. The molecule has 0 N–H and O–H groups in total. The number of ketones is 1. The number of methoxy groups -OCH3 is 1. The average Bonchev–Trinajstić information content (AvgIpc) is 3.04. The zero-order valence-electron chi connectivity index (χ0n) is 11.5. The average molecular weight is 293 g/mol. The summed E-state index contributed by atoms with van der Waals surface area (Å²) in [4.78, 5) is 27.8. The van der Waals surface area contributed by atoms with Crippen LogP contribution in [0.4, 0.5) is 0 Å². The van der Waals surface area contributed by atoms with Crippen molar-refractivity contribution in [2.45, 2.75) is 26.8 Å². The fourth-order valence-electron chi connectivity index (χ4n) is 1.74. The number of aryl methyl sites for hydroxylation is 1. The second-order valence-corrected chi connectivity index (χ2v) is 5.24. The highest BCUT2D eigenvalue weighted by molar-refractivity contribution is 7.17. The van der Waals surface area contributed by atoms with Gasteiger partial charge in [0.1, 0.15) is 9.88 Å². The summed E-state index contributed by atoms with van der Waals surface area (Å²) in [5, 5.41) is 4.81. The van der Waals surface area contributed by atoms with E-state index in [1.54, 1.807) is 6.20 Å². The van der Waals surface area contributed by atoms with Crippen LogP contribution >= 0.6 is 11.3 Å². The number of rotatable bonds is 5. The Labute approximate surface area is 120 Å². The van der Waals surface area contributed by atoms with Crippen LogP contribution in [0.15, 0.2) is 12.4 Å². The fraction of sp³-hybridized carbons (Fsp3) is 0.385. The number of nitrogens with zero attached hydrogens (tertiary/aromatic N) is 3. The molecule has 0 saturated heterocycles. The van der Waals surface area contributed by atoms with Gasteiger partial charge in [0.05, 0.1) is 13.3 Å². The molecular weight excluding hydrogens is 278 g/mol. The molecular formula is C13H15N3O3S. The molecule has 0 amide bonds. The fourth-order valence-corrected chi connectivity index (χ4v) is 2.67. The van der Waals surface area contributed by atoms with Gasteiger partial charge in [-0.15, -0.1) is 11.3 Å². The summed E-state index contributed by atoms with van der Waals surface area (Å²) >= 11 is 1.18. The topological polar surface area (TPSA) is 74.1 Å². The second-order valence-electron chi connectivity index (χ2n) is 4.24. The molecule has 0 aliphatic rings. The second kappa shape index (κ2) is 5.96. The first-order chi connectivity index (χ1) is 9.56. The lowest BCUT2D eigenvalue weighted by atomic mass is 10.3. The monoisotopic (exact) mass is 293 g/mol. The lowest BCUT2D eigenvalue weighted by Crippen LogP contribution is -2.06. The van der Waals surface area contributed by atoms with Gasteiger partial charge in [-0.05, 0) is 6.42 Å². The molecule has 0 fully saturated rings.